The lowest BCUT2D eigenvalue weighted by atomic mass is 10.1. The smallest absolute Gasteiger partial charge is 0.317 e. The van der Waals surface area contributed by atoms with Crippen molar-refractivity contribution in [2.75, 3.05) is 27.2 Å². The van der Waals surface area contributed by atoms with Gasteiger partial charge in [0.15, 0.2) is 0 Å². The molecule has 0 radical (unpaired) electrons. The molecule has 1 aromatic carbocycles. The third-order valence-electron chi connectivity index (χ3n) is 4.22. The molecule has 1 aliphatic rings. The van der Waals surface area contributed by atoms with Crippen LogP contribution in [0.4, 0.5) is 13.6 Å². The Morgan fingerprint density at radius 3 is 2.57 bits per heavy atom. The van der Waals surface area contributed by atoms with E-state index in [1.54, 1.807) is 4.90 Å². The average Bonchev–Trinajstić information content (AvgIpc) is 2.99. The molecule has 0 aromatic heterocycles. The van der Waals surface area contributed by atoms with Gasteiger partial charge in [0.1, 0.15) is 11.6 Å². The van der Waals surface area contributed by atoms with E-state index in [4.69, 9.17) is 0 Å². The summed E-state index contributed by atoms with van der Waals surface area (Å²) < 4.78 is 27.0. The minimum atomic E-state index is -0.603. The maximum Gasteiger partial charge on any atom is 0.317 e. The lowest BCUT2D eigenvalue weighted by Crippen LogP contribution is -2.46. The summed E-state index contributed by atoms with van der Waals surface area (Å²) in [6, 6.07) is 3.46. The van der Waals surface area contributed by atoms with Crippen LogP contribution in [0.15, 0.2) is 18.2 Å². The minimum absolute atomic E-state index is 0.124. The van der Waals surface area contributed by atoms with Gasteiger partial charge in [-0.05, 0) is 33.0 Å². The first-order valence-corrected chi connectivity index (χ1v) is 8.10. The summed E-state index contributed by atoms with van der Waals surface area (Å²) in [5, 5.41) is 2.89. The molecular weight excluding hydrogens is 300 g/mol. The van der Waals surface area contributed by atoms with Crippen molar-refractivity contribution < 1.29 is 13.6 Å². The zero-order valence-corrected chi connectivity index (χ0v) is 13.8. The molecule has 0 bridgehead atoms. The molecule has 0 spiro atoms. The van der Waals surface area contributed by atoms with E-state index in [-0.39, 0.29) is 18.6 Å². The second-order valence-corrected chi connectivity index (χ2v) is 6.34. The molecule has 128 valence electrons. The molecule has 1 fully saturated rings. The Labute approximate surface area is 136 Å². The van der Waals surface area contributed by atoms with E-state index in [1.165, 1.54) is 12.1 Å². The van der Waals surface area contributed by atoms with Gasteiger partial charge in [-0.15, -0.1) is 0 Å². The van der Waals surface area contributed by atoms with Crippen LogP contribution in [-0.2, 0) is 6.54 Å². The van der Waals surface area contributed by atoms with Crippen molar-refractivity contribution in [1.82, 2.24) is 15.1 Å². The molecule has 0 heterocycles. The second-order valence-electron chi connectivity index (χ2n) is 6.34. The number of nitrogens with zero attached hydrogens (tertiary/aromatic N) is 2. The van der Waals surface area contributed by atoms with Crippen LogP contribution in [0.3, 0.4) is 0 Å². The Hall–Kier alpha value is -1.69. The van der Waals surface area contributed by atoms with E-state index in [1.807, 2.05) is 19.0 Å². The maximum atomic E-state index is 13.9. The van der Waals surface area contributed by atoms with E-state index < -0.39 is 11.6 Å². The summed E-state index contributed by atoms with van der Waals surface area (Å²) in [4.78, 5) is 16.2. The average molecular weight is 325 g/mol. The lowest BCUT2D eigenvalue weighted by Gasteiger charge is -2.29. The van der Waals surface area contributed by atoms with Crippen LogP contribution in [0.5, 0.6) is 0 Å². The summed E-state index contributed by atoms with van der Waals surface area (Å²) >= 11 is 0. The number of rotatable bonds is 6. The van der Waals surface area contributed by atoms with Crippen LogP contribution in [0.25, 0.3) is 0 Å². The number of halogens is 2. The monoisotopic (exact) mass is 325 g/mol. The highest BCUT2D eigenvalue weighted by Crippen LogP contribution is 2.25. The zero-order valence-electron chi connectivity index (χ0n) is 13.8. The van der Waals surface area contributed by atoms with Gasteiger partial charge in [0, 0.05) is 30.8 Å². The van der Waals surface area contributed by atoms with Crippen molar-refractivity contribution in [1.29, 1.82) is 0 Å². The minimum Gasteiger partial charge on any atom is -0.337 e. The van der Waals surface area contributed by atoms with Gasteiger partial charge >= 0.3 is 6.03 Å². The second kappa shape index (κ2) is 8.24. The largest absolute Gasteiger partial charge is 0.337 e. The first kappa shape index (κ1) is 17.7. The predicted octanol–water partition coefficient (Wildman–Crippen LogP) is 2.98. The molecule has 1 aromatic rings. The van der Waals surface area contributed by atoms with Crippen molar-refractivity contribution in [3.63, 3.8) is 0 Å². The van der Waals surface area contributed by atoms with Crippen molar-refractivity contribution in [3.8, 4) is 0 Å². The van der Waals surface area contributed by atoms with Gasteiger partial charge in [-0.2, -0.15) is 0 Å². The highest BCUT2D eigenvalue weighted by Gasteiger charge is 2.27. The first-order chi connectivity index (χ1) is 11.0. The molecule has 0 aliphatic heterocycles. The fourth-order valence-corrected chi connectivity index (χ4v) is 2.90. The van der Waals surface area contributed by atoms with Gasteiger partial charge in [-0.25, -0.2) is 13.6 Å². The van der Waals surface area contributed by atoms with E-state index in [0.29, 0.717) is 12.1 Å². The molecule has 6 heteroatoms. The molecule has 4 nitrogen and oxygen atoms in total. The van der Waals surface area contributed by atoms with E-state index >= 15 is 0 Å². The Morgan fingerprint density at radius 2 is 1.96 bits per heavy atom. The van der Waals surface area contributed by atoms with Gasteiger partial charge in [-0.3, -0.25) is 0 Å². The topological polar surface area (TPSA) is 35.6 Å². The van der Waals surface area contributed by atoms with Crippen molar-refractivity contribution in [2.24, 2.45) is 0 Å². The number of hydrogen-bond acceptors (Lipinski definition) is 2. The van der Waals surface area contributed by atoms with Crippen molar-refractivity contribution in [2.45, 2.75) is 38.3 Å². The molecule has 2 rings (SSSR count). The Bertz CT molecular complexity index is 531. The van der Waals surface area contributed by atoms with Gasteiger partial charge < -0.3 is 15.1 Å². The highest BCUT2D eigenvalue weighted by molar-refractivity contribution is 5.74. The van der Waals surface area contributed by atoms with E-state index in [2.05, 4.69) is 5.32 Å². The van der Waals surface area contributed by atoms with E-state index in [9.17, 15) is 13.6 Å². The van der Waals surface area contributed by atoms with Gasteiger partial charge in [-0.1, -0.05) is 18.9 Å². The molecule has 1 aliphatic carbocycles. The fourth-order valence-electron chi connectivity index (χ4n) is 2.90. The third-order valence-corrected chi connectivity index (χ3v) is 4.22. The number of carbonyl (C=O) groups is 1. The first-order valence-electron chi connectivity index (χ1n) is 8.10. The predicted molar refractivity (Wildman–Crippen MR) is 86.1 cm³/mol. The number of urea groups is 1. The highest BCUT2D eigenvalue weighted by atomic mass is 19.1. The van der Waals surface area contributed by atoms with Crippen LogP contribution in [0, 0.1) is 11.6 Å². The normalized spacial score (nSPS) is 15.2. The number of likely N-dealkylation sites (N-methyl/N-ethyl adjacent to an activating group) is 1. The standard InChI is InChI=1S/C17H25F2N3O/c1-21(2)10-9-20-17(23)22(15-5-3-4-6-15)12-13-7-8-14(18)11-16(13)19/h7-8,11,15H,3-6,9-10,12H2,1-2H3,(H,20,23). The summed E-state index contributed by atoms with van der Waals surface area (Å²) in [5.41, 5.74) is 0.348. The number of hydrogen-bond donors (Lipinski definition) is 1. The number of amides is 2. The quantitative estimate of drug-likeness (QED) is 0.873. The number of nitrogens with one attached hydrogen (secondary N) is 1. The number of carbonyl (C=O) groups excluding carboxylic acids is 1. The SMILES string of the molecule is CN(C)CCNC(=O)N(Cc1ccc(F)cc1F)C1CCCC1. The summed E-state index contributed by atoms with van der Waals surface area (Å²) in [6.07, 6.45) is 4.03. The van der Waals surface area contributed by atoms with Crippen molar-refractivity contribution >= 4 is 6.03 Å². The molecular formula is C17H25F2N3O. The summed E-state index contributed by atoms with van der Waals surface area (Å²) in [6.45, 7) is 1.46. The maximum absolute atomic E-state index is 13.9. The van der Waals surface area contributed by atoms with Gasteiger partial charge in [0.2, 0.25) is 0 Å². The van der Waals surface area contributed by atoms with Crippen LogP contribution in [-0.4, -0.2) is 49.1 Å². The summed E-state index contributed by atoms with van der Waals surface area (Å²) in [7, 11) is 3.88. The Balaban J connectivity index is 2.05. The summed E-state index contributed by atoms with van der Waals surface area (Å²) in [5.74, 6) is -1.21. The molecule has 0 saturated heterocycles. The third kappa shape index (κ3) is 5.16. The molecule has 2 amide bonds. The molecule has 23 heavy (non-hydrogen) atoms. The van der Waals surface area contributed by atoms with Crippen LogP contribution in [0.1, 0.15) is 31.2 Å². The van der Waals surface area contributed by atoms with Crippen molar-refractivity contribution in [3.05, 3.63) is 35.4 Å². The lowest BCUT2D eigenvalue weighted by molar-refractivity contribution is 0.169. The number of benzene rings is 1. The van der Waals surface area contributed by atoms with Crippen LogP contribution < -0.4 is 5.32 Å². The zero-order chi connectivity index (χ0) is 16.8. The fraction of sp³-hybridized carbons (Fsp3) is 0.588. The molecule has 1 saturated carbocycles. The van der Waals surface area contributed by atoms with Crippen LogP contribution in [0.2, 0.25) is 0 Å². The van der Waals surface area contributed by atoms with Gasteiger partial charge in [0.05, 0.1) is 6.54 Å². The molecule has 1 N–H and O–H groups in total. The molecule has 0 atom stereocenters. The molecule has 0 unspecified atom stereocenters. The van der Waals surface area contributed by atoms with Gasteiger partial charge in [0.25, 0.3) is 0 Å². The Morgan fingerprint density at radius 1 is 1.26 bits per heavy atom. The van der Waals surface area contributed by atoms with E-state index in [0.717, 1.165) is 38.3 Å². The Kier molecular flexibility index (Phi) is 6.33. The van der Waals surface area contributed by atoms with Crippen LogP contribution >= 0.6 is 0 Å².